The number of carbonyl (C=O) groups is 1. The average molecular weight is 313 g/mol. The Morgan fingerprint density at radius 2 is 2.20 bits per heavy atom. The van der Waals surface area contributed by atoms with E-state index in [9.17, 15) is 4.79 Å². The highest BCUT2D eigenvalue weighted by atomic mass is 35.5. The van der Waals surface area contributed by atoms with Gasteiger partial charge >= 0.3 is 5.97 Å². The van der Waals surface area contributed by atoms with E-state index in [0.717, 1.165) is 5.56 Å². The summed E-state index contributed by atoms with van der Waals surface area (Å²) in [4.78, 5) is 15.0. The summed E-state index contributed by atoms with van der Waals surface area (Å²) in [5.41, 5.74) is 0.914. The Morgan fingerprint density at radius 1 is 1.40 bits per heavy atom. The Bertz CT molecular complexity index is 671. The van der Waals surface area contributed by atoms with Gasteiger partial charge in [0.2, 0.25) is 5.89 Å². The van der Waals surface area contributed by atoms with Crippen LogP contribution in [0.3, 0.4) is 0 Å². The van der Waals surface area contributed by atoms with Gasteiger partial charge in [-0.15, -0.1) is 0 Å². The molecule has 3 rings (SSSR count). The molecule has 1 N–H and O–H groups in total. The van der Waals surface area contributed by atoms with Crippen LogP contribution in [0.5, 0.6) is 0 Å². The standard InChI is InChI=1S/C13H10Cl2N2O3/c14-9-2-1-6(3-10(9)15)4-11-16-12(20-17-11)7-5-8(7)13(18)19/h1-3,7-8H,4-5H2,(H,18,19). The highest BCUT2D eigenvalue weighted by Crippen LogP contribution is 2.46. The first-order valence-electron chi connectivity index (χ1n) is 6.04. The lowest BCUT2D eigenvalue weighted by molar-refractivity contribution is -0.138. The molecule has 5 nitrogen and oxygen atoms in total. The lowest BCUT2D eigenvalue weighted by Crippen LogP contribution is -1.99. The number of hydrogen-bond donors (Lipinski definition) is 1. The highest BCUT2D eigenvalue weighted by molar-refractivity contribution is 6.42. The SMILES string of the molecule is O=C(O)C1CC1c1nc(Cc2ccc(Cl)c(Cl)c2)no1. The van der Waals surface area contributed by atoms with E-state index in [2.05, 4.69) is 10.1 Å². The molecule has 2 aromatic rings. The molecule has 7 heteroatoms. The predicted octanol–water partition coefficient (Wildman–Crippen LogP) is 3.16. The minimum absolute atomic E-state index is 0.150. The molecule has 1 aromatic carbocycles. The molecule has 0 amide bonds. The van der Waals surface area contributed by atoms with Crippen LogP contribution in [-0.2, 0) is 11.2 Å². The maximum absolute atomic E-state index is 10.8. The number of benzene rings is 1. The van der Waals surface area contributed by atoms with Crippen molar-refractivity contribution in [2.45, 2.75) is 18.8 Å². The van der Waals surface area contributed by atoms with Crippen molar-refractivity contribution in [2.75, 3.05) is 0 Å². The first kappa shape index (κ1) is 13.4. The number of aliphatic carboxylic acids is 1. The summed E-state index contributed by atoms with van der Waals surface area (Å²) in [6.07, 6.45) is 1.02. The van der Waals surface area contributed by atoms with Crippen LogP contribution in [0.1, 0.15) is 29.6 Å². The number of hydrogen-bond acceptors (Lipinski definition) is 4. The van der Waals surface area contributed by atoms with E-state index in [1.165, 1.54) is 0 Å². The summed E-state index contributed by atoms with van der Waals surface area (Å²) >= 11 is 11.8. The smallest absolute Gasteiger partial charge is 0.307 e. The zero-order valence-corrected chi connectivity index (χ0v) is 11.7. The minimum Gasteiger partial charge on any atom is -0.481 e. The number of rotatable bonds is 4. The van der Waals surface area contributed by atoms with Crippen LogP contribution in [0.4, 0.5) is 0 Å². The van der Waals surface area contributed by atoms with Crippen molar-refractivity contribution >= 4 is 29.2 Å². The van der Waals surface area contributed by atoms with Crippen LogP contribution in [0.2, 0.25) is 10.0 Å². The number of aromatic nitrogens is 2. The molecule has 0 spiro atoms. The Morgan fingerprint density at radius 3 is 2.85 bits per heavy atom. The summed E-state index contributed by atoms with van der Waals surface area (Å²) in [5.74, 6) is -0.461. The topological polar surface area (TPSA) is 76.2 Å². The summed E-state index contributed by atoms with van der Waals surface area (Å²) in [6.45, 7) is 0. The van der Waals surface area contributed by atoms with Crippen LogP contribution in [-0.4, -0.2) is 21.2 Å². The molecule has 1 aliphatic carbocycles. The quantitative estimate of drug-likeness (QED) is 0.938. The molecule has 0 radical (unpaired) electrons. The zero-order chi connectivity index (χ0) is 14.3. The molecule has 104 valence electrons. The van der Waals surface area contributed by atoms with Crippen molar-refractivity contribution in [2.24, 2.45) is 5.92 Å². The van der Waals surface area contributed by atoms with Crippen molar-refractivity contribution in [3.8, 4) is 0 Å². The van der Waals surface area contributed by atoms with Gasteiger partial charge in [-0.1, -0.05) is 34.4 Å². The fraction of sp³-hybridized carbons (Fsp3) is 0.308. The van der Waals surface area contributed by atoms with Gasteiger partial charge in [0, 0.05) is 6.42 Å². The van der Waals surface area contributed by atoms with Crippen molar-refractivity contribution in [1.29, 1.82) is 0 Å². The van der Waals surface area contributed by atoms with Crippen LogP contribution < -0.4 is 0 Å². The maximum atomic E-state index is 10.8. The lowest BCUT2D eigenvalue weighted by atomic mass is 10.1. The summed E-state index contributed by atoms with van der Waals surface area (Å²) in [6, 6.07) is 5.29. The molecule has 0 saturated heterocycles. The Balaban J connectivity index is 1.71. The largest absolute Gasteiger partial charge is 0.481 e. The van der Waals surface area contributed by atoms with Crippen molar-refractivity contribution in [3.05, 3.63) is 45.5 Å². The van der Waals surface area contributed by atoms with E-state index in [-0.39, 0.29) is 5.92 Å². The van der Waals surface area contributed by atoms with E-state index in [1.807, 2.05) is 6.07 Å². The first-order chi connectivity index (χ1) is 9.54. The second kappa shape index (κ2) is 5.07. The van der Waals surface area contributed by atoms with Gasteiger partial charge in [-0.2, -0.15) is 4.98 Å². The van der Waals surface area contributed by atoms with Gasteiger partial charge in [-0.05, 0) is 24.1 Å². The normalized spacial score (nSPS) is 20.9. The predicted molar refractivity (Wildman–Crippen MR) is 72.0 cm³/mol. The molecule has 1 aromatic heterocycles. The summed E-state index contributed by atoms with van der Waals surface area (Å²) in [7, 11) is 0. The summed E-state index contributed by atoms with van der Waals surface area (Å²) < 4.78 is 5.11. The van der Waals surface area contributed by atoms with E-state index in [0.29, 0.717) is 34.6 Å². The van der Waals surface area contributed by atoms with Gasteiger partial charge < -0.3 is 9.63 Å². The molecular weight excluding hydrogens is 303 g/mol. The van der Waals surface area contributed by atoms with Crippen LogP contribution in [0.25, 0.3) is 0 Å². The fourth-order valence-corrected chi connectivity index (χ4v) is 2.38. The average Bonchev–Trinajstić information content (AvgIpc) is 3.08. The van der Waals surface area contributed by atoms with Crippen molar-refractivity contribution in [3.63, 3.8) is 0 Å². The van der Waals surface area contributed by atoms with E-state index >= 15 is 0 Å². The van der Waals surface area contributed by atoms with Crippen LogP contribution in [0, 0.1) is 5.92 Å². The molecule has 0 bridgehead atoms. The molecular formula is C13H10Cl2N2O3. The van der Waals surface area contributed by atoms with Crippen molar-refractivity contribution in [1.82, 2.24) is 10.1 Å². The molecule has 1 saturated carbocycles. The molecule has 1 heterocycles. The minimum atomic E-state index is -0.820. The van der Waals surface area contributed by atoms with Gasteiger partial charge in [0.25, 0.3) is 0 Å². The second-order valence-corrected chi connectivity index (χ2v) is 5.58. The van der Waals surface area contributed by atoms with E-state index < -0.39 is 11.9 Å². The van der Waals surface area contributed by atoms with Gasteiger partial charge in [0.15, 0.2) is 5.82 Å². The third-order valence-corrected chi connectivity index (χ3v) is 3.99. The Labute approximate surface area is 124 Å². The molecule has 0 aliphatic heterocycles. The lowest BCUT2D eigenvalue weighted by Gasteiger charge is -1.99. The monoisotopic (exact) mass is 312 g/mol. The third kappa shape index (κ3) is 2.64. The van der Waals surface area contributed by atoms with Gasteiger partial charge in [-0.3, -0.25) is 4.79 Å². The second-order valence-electron chi connectivity index (χ2n) is 4.76. The number of carboxylic acid groups (broad SMARTS) is 1. The molecule has 2 atom stereocenters. The number of nitrogens with zero attached hydrogens (tertiary/aromatic N) is 2. The van der Waals surface area contributed by atoms with Crippen LogP contribution >= 0.6 is 23.2 Å². The first-order valence-corrected chi connectivity index (χ1v) is 6.79. The van der Waals surface area contributed by atoms with E-state index in [1.54, 1.807) is 12.1 Å². The molecule has 1 fully saturated rings. The highest BCUT2D eigenvalue weighted by Gasteiger charge is 2.48. The fourth-order valence-electron chi connectivity index (χ4n) is 2.06. The van der Waals surface area contributed by atoms with Gasteiger partial charge in [0.05, 0.1) is 21.9 Å². The number of carboxylic acids is 1. The van der Waals surface area contributed by atoms with Gasteiger partial charge in [0.1, 0.15) is 0 Å². The Hall–Kier alpha value is -1.59. The summed E-state index contributed by atoms with van der Waals surface area (Å²) in [5, 5.41) is 13.7. The van der Waals surface area contributed by atoms with E-state index in [4.69, 9.17) is 32.8 Å². The number of halogens is 2. The Kier molecular flexibility index (Phi) is 3.40. The third-order valence-electron chi connectivity index (χ3n) is 3.25. The van der Waals surface area contributed by atoms with Crippen LogP contribution in [0.15, 0.2) is 22.7 Å². The van der Waals surface area contributed by atoms with Gasteiger partial charge in [-0.25, -0.2) is 0 Å². The maximum Gasteiger partial charge on any atom is 0.307 e. The molecule has 1 aliphatic rings. The van der Waals surface area contributed by atoms with Crippen molar-refractivity contribution < 1.29 is 14.4 Å². The molecule has 2 unspecified atom stereocenters. The molecule has 20 heavy (non-hydrogen) atoms. The zero-order valence-electron chi connectivity index (χ0n) is 10.2.